The van der Waals surface area contributed by atoms with Gasteiger partial charge in [0.1, 0.15) is 6.10 Å². The smallest absolute Gasteiger partial charge is 0.249 e. The molecule has 0 aliphatic heterocycles. The van der Waals surface area contributed by atoms with Crippen LogP contribution in [0, 0.1) is 0 Å². The van der Waals surface area contributed by atoms with E-state index in [0.29, 0.717) is 4.99 Å². The van der Waals surface area contributed by atoms with Crippen molar-refractivity contribution in [1.82, 2.24) is 5.32 Å². The molecule has 0 aromatic carbocycles. The molecule has 15 heavy (non-hydrogen) atoms. The minimum atomic E-state index is -0.473. The van der Waals surface area contributed by atoms with E-state index in [1.807, 2.05) is 0 Å². The van der Waals surface area contributed by atoms with Gasteiger partial charge in [-0.1, -0.05) is 25.1 Å². The van der Waals surface area contributed by atoms with Crippen LogP contribution >= 0.6 is 12.2 Å². The zero-order chi connectivity index (χ0) is 11.5. The molecule has 1 rings (SSSR count). The fraction of sp³-hybridized carbons (Fsp3) is 0.800. The average Bonchev–Trinajstić information content (AvgIpc) is 2.66. The Labute approximate surface area is 95.5 Å². The van der Waals surface area contributed by atoms with Gasteiger partial charge >= 0.3 is 0 Å². The quantitative estimate of drug-likeness (QED) is 0.699. The lowest BCUT2D eigenvalue weighted by molar-refractivity contribution is -0.131. The lowest BCUT2D eigenvalue weighted by Gasteiger charge is -2.30. The molecule has 1 atom stereocenters. The van der Waals surface area contributed by atoms with Gasteiger partial charge in [0, 0.05) is 7.11 Å². The van der Waals surface area contributed by atoms with Gasteiger partial charge in [0.25, 0.3) is 0 Å². The molecule has 1 fully saturated rings. The molecule has 1 aliphatic rings. The summed E-state index contributed by atoms with van der Waals surface area (Å²) in [7, 11) is 1.51. The maximum atomic E-state index is 11.7. The normalized spacial score (nSPS) is 20.9. The topological polar surface area (TPSA) is 64.3 Å². The number of amides is 1. The molecule has 1 saturated carbocycles. The summed E-state index contributed by atoms with van der Waals surface area (Å²) in [5.41, 5.74) is 5.23. The van der Waals surface area contributed by atoms with Crippen LogP contribution in [-0.4, -0.2) is 29.6 Å². The Morgan fingerprint density at radius 3 is 2.47 bits per heavy atom. The van der Waals surface area contributed by atoms with Gasteiger partial charge in [-0.25, -0.2) is 0 Å². The summed E-state index contributed by atoms with van der Waals surface area (Å²) in [6.45, 7) is 1.71. The van der Waals surface area contributed by atoms with Crippen LogP contribution in [0.15, 0.2) is 0 Å². The molecule has 0 aromatic rings. The van der Waals surface area contributed by atoms with Crippen molar-refractivity contribution in [3.63, 3.8) is 0 Å². The monoisotopic (exact) mass is 230 g/mol. The van der Waals surface area contributed by atoms with E-state index in [4.69, 9.17) is 22.7 Å². The Morgan fingerprint density at radius 1 is 1.53 bits per heavy atom. The SMILES string of the molecule is COC(C)C(=O)NC1(C(N)=S)CCCC1. The highest BCUT2D eigenvalue weighted by Crippen LogP contribution is 2.30. The van der Waals surface area contributed by atoms with Gasteiger partial charge in [-0.2, -0.15) is 0 Å². The van der Waals surface area contributed by atoms with E-state index in [-0.39, 0.29) is 5.91 Å². The zero-order valence-electron chi connectivity index (χ0n) is 9.21. The minimum absolute atomic E-state index is 0.146. The van der Waals surface area contributed by atoms with Crippen molar-refractivity contribution in [3.05, 3.63) is 0 Å². The number of thiocarbonyl (C=S) groups is 1. The number of carbonyl (C=O) groups is 1. The van der Waals surface area contributed by atoms with Crippen molar-refractivity contribution in [2.24, 2.45) is 5.73 Å². The summed E-state index contributed by atoms with van der Waals surface area (Å²) in [6.07, 6.45) is 3.32. The molecule has 0 aromatic heterocycles. The van der Waals surface area contributed by atoms with Crippen LogP contribution in [0.4, 0.5) is 0 Å². The van der Waals surface area contributed by atoms with Crippen LogP contribution in [0.25, 0.3) is 0 Å². The second-order valence-corrected chi connectivity index (χ2v) is 4.46. The van der Waals surface area contributed by atoms with E-state index in [2.05, 4.69) is 5.32 Å². The first-order valence-corrected chi connectivity index (χ1v) is 5.57. The van der Waals surface area contributed by atoms with Crippen LogP contribution in [0.1, 0.15) is 32.6 Å². The second kappa shape index (κ2) is 4.90. The number of nitrogens with one attached hydrogen (secondary N) is 1. The molecular weight excluding hydrogens is 212 g/mol. The van der Waals surface area contributed by atoms with Gasteiger partial charge < -0.3 is 15.8 Å². The average molecular weight is 230 g/mol. The van der Waals surface area contributed by atoms with Crippen molar-refractivity contribution < 1.29 is 9.53 Å². The van der Waals surface area contributed by atoms with Crippen molar-refractivity contribution >= 4 is 23.1 Å². The van der Waals surface area contributed by atoms with Gasteiger partial charge in [-0.3, -0.25) is 4.79 Å². The van der Waals surface area contributed by atoms with Gasteiger partial charge in [-0.15, -0.1) is 0 Å². The lowest BCUT2D eigenvalue weighted by Crippen LogP contribution is -2.56. The Hall–Kier alpha value is -0.680. The number of methoxy groups -OCH3 is 1. The van der Waals surface area contributed by atoms with E-state index >= 15 is 0 Å². The number of hydrogen-bond acceptors (Lipinski definition) is 3. The fourth-order valence-electron chi connectivity index (χ4n) is 1.86. The van der Waals surface area contributed by atoms with Crippen molar-refractivity contribution in [1.29, 1.82) is 0 Å². The van der Waals surface area contributed by atoms with E-state index in [1.165, 1.54) is 7.11 Å². The number of ether oxygens (including phenoxy) is 1. The van der Waals surface area contributed by atoms with Crippen LogP contribution in [0.5, 0.6) is 0 Å². The highest BCUT2D eigenvalue weighted by atomic mass is 32.1. The van der Waals surface area contributed by atoms with E-state index < -0.39 is 11.6 Å². The first-order valence-electron chi connectivity index (χ1n) is 5.16. The van der Waals surface area contributed by atoms with E-state index in [9.17, 15) is 4.79 Å². The standard InChI is InChI=1S/C10H18N2O2S/c1-7(14-2)8(13)12-10(9(11)15)5-3-4-6-10/h7H,3-6H2,1-2H3,(H2,11,15)(H,12,13). The van der Waals surface area contributed by atoms with Gasteiger partial charge in [-0.05, 0) is 19.8 Å². The van der Waals surface area contributed by atoms with Crippen LogP contribution in [0.3, 0.4) is 0 Å². The number of nitrogens with two attached hydrogens (primary N) is 1. The third kappa shape index (κ3) is 2.66. The molecule has 0 spiro atoms. The number of rotatable bonds is 4. The van der Waals surface area contributed by atoms with Gasteiger partial charge in [0.05, 0.1) is 10.5 Å². The summed E-state index contributed by atoms with van der Waals surface area (Å²) in [5.74, 6) is -0.146. The molecule has 0 radical (unpaired) electrons. The third-order valence-corrected chi connectivity index (χ3v) is 3.40. The first-order chi connectivity index (χ1) is 7.02. The molecule has 1 amide bonds. The van der Waals surface area contributed by atoms with Crippen LogP contribution in [-0.2, 0) is 9.53 Å². The largest absolute Gasteiger partial charge is 0.391 e. The van der Waals surface area contributed by atoms with Crippen LogP contribution < -0.4 is 11.1 Å². The maximum Gasteiger partial charge on any atom is 0.249 e. The van der Waals surface area contributed by atoms with Crippen LogP contribution in [0.2, 0.25) is 0 Å². The van der Waals surface area contributed by atoms with E-state index in [0.717, 1.165) is 25.7 Å². The summed E-state index contributed by atoms with van der Waals surface area (Å²) in [5, 5.41) is 2.91. The molecule has 3 N–H and O–H groups in total. The predicted molar refractivity (Wildman–Crippen MR) is 62.6 cm³/mol. The Bertz CT molecular complexity index is 262. The Morgan fingerprint density at radius 2 is 2.07 bits per heavy atom. The van der Waals surface area contributed by atoms with Crippen molar-refractivity contribution in [2.45, 2.75) is 44.2 Å². The molecule has 4 nitrogen and oxygen atoms in total. The third-order valence-electron chi connectivity index (χ3n) is 3.01. The van der Waals surface area contributed by atoms with Crippen molar-refractivity contribution in [2.75, 3.05) is 7.11 Å². The minimum Gasteiger partial charge on any atom is -0.391 e. The molecule has 0 bridgehead atoms. The predicted octanol–water partition coefficient (Wildman–Crippen LogP) is 0.736. The summed E-state index contributed by atoms with van der Waals surface area (Å²) in [6, 6.07) is 0. The molecule has 86 valence electrons. The zero-order valence-corrected chi connectivity index (χ0v) is 10.0. The van der Waals surface area contributed by atoms with Crippen molar-refractivity contribution in [3.8, 4) is 0 Å². The maximum absolute atomic E-state index is 11.7. The molecule has 1 aliphatic carbocycles. The Kier molecular flexibility index (Phi) is 4.04. The van der Waals surface area contributed by atoms with Gasteiger partial charge in [0.2, 0.25) is 5.91 Å². The highest BCUT2D eigenvalue weighted by molar-refractivity contribution is 7.80. The second-order valence-electron chi connectivity index (χ2n) is 4.02. The fourth-order valence-corrected chi connectivity index (χ4v) is 2.11. The molecule has 5 heteroatoms. The van der Waals surface area contributed by atoms with E-state index in [1.54, 1.807) is 6.92 Å². The number of hydrogen-bond donors (Lipinski definition) is 2. The molecule has 0 heterocycles. The Balaban J connectivity index is 2.67. The number of carbonyl (C=O) groups excluding carboxylic acids is 1. The molecule has 1 unspecified atom stereocenters. The van der Waals surface area contributed by atoms with Gasteiger partial charge in [0.15, 0.2) is 0 Å². The summed E-state index contributed by atoms with van der Waals surface area (Å²) < 4.78 is 4.95. The summed E-state index contributed by atoms with van der Waals surface area (Å²) >= 11 is 5.03. The lowest BCUT2D eigenvalue weighted by atomic mass is 9.97. The molecular formula is C10H18N2O2S. The highest BCUT2D eigenvalue weighted by Gasteiger charge is 2.38. The first kappa shape index (κ1) is 12.4. The molecule has 0 saturated heterocycles. The summed E-state index contributed by atoms with van der Waals surface area (Å²) in [4.78, 5) is 12.1.